The van der Waals surface area contributed by atoms with Crippen LogP contribution in [0, 0.1) is 32.1 Å². The van der Waals surface area contributed by atoms with Crippen molar-refractivity contribution in [3.8, 4) is 5.75 Å². The molecule has 0 spiro atoms. The number of hydrogen-bond donors (Lipinski definition) is 3. The van der Waals surface area contributed by atoms with Crippen LogP contribution in [0.15, 0.2) is 12.1 Å². The lowest BCUT2D eigenvalue weighted by Gasteiger charge is -2.17. The van der Waals surface area contributed by atoms with E-state index in [9.17, 15) is 14.5 Å². The fraction of sp³-hybridized carbons (Fsp3) is 0.583. The lowest BCUT2D eigenvalue weighted by Crippen LogP contribution is -2.23. The molecule has 0 aliphatic heterocycles. The fourth-order valence-electron chi connectivity index (χ4n) is 5.48. The maximum Gasteiger partial charge on any atom is 0.469 e. The molecule has 1 aromatic carbocycles. The van der Waals surface area contributed by atoms with Crippen molar-refractivity contribution in [2.75, 3.05) is 13.2 Å². The monoisotopic (exact) mass is 492 g/mol. The first kappa shape index (κ1) is 25.1. The van der Waals surface area contributed by atoms with Gasteiger partial charge in [0.05, 0.1) is 18.0 Å². The maximum atomic E-state index is 13.0. The van der Waals surface area contributed by atoms with Crippen LogP contribution in [0.3, 0.4) is 0 Å². The average Bonchev–Trinajstić information content (AvgIpc) is 3.05. The van der Waals surface area contributed by atoms with Crippen molar-refractivity contribution in [2.24, 2.45) is 11.3 Å². The van der Waals surface area contributed by atoms with Crippen molar-refractivity contribution in [3.05, 3.63) is 45.8 Å². The lowest BCUT2D eigenvalue weighted by atomic mass is 9.98. The molecule has 2 aromatic rings. The average molecular weight is 493 g/mol. The molecular weight excluding hydrogens is 459 g/mol. The molecule has 0 amide bonds. The number of hydrogen-bond acceptors (Lipinski definition) is 6. The summed E-state index contributed by atoms with van der Waals surface area (Å²) >= 11 is 0. The van der Waals surface area contributed by atoms with Crippen molar-refractivity contribution in [1.29, 1.82) is 0 Å². The minimum Gasteiger partial charge on any atom is -0.490 e. The molecule has 1 heterocycles. The number of nitrogens with zero attached hydrogens (tertiary/aromatic N) is 2. The zero-order valence-corrected chi connectivity index (χ0v) is 21.1. The summed E-state index contributed by atoms with van der Waals surface area (Å²) in [4.78, 5) is 30.4. The Balaban J connectivity index is 1.36. The summed E-state index contributed by atoms with van der Waals surface area (Å²) < 4.78 is 22.3. The van der Waals surface area contributed by atoms with Gasteiger partial charge in [0.15, 0.2) is 0 Å². The number of aromatic nitrogens is 2. The van der Waals surface area contributed by atoms with E-state index < -0.39 is 20.5 Å². The Morgan fingerprint density at radius 1 is 1.24 bits per heavy atom. The van der Waals surface area contributed by atoms with Crippen LogP contribution in [0.1, 0.15) is 64.6 Å². The molecule has 3 unspecified atom stereocenters. The molecule has 3 atom stereocenters. The van der Waals surface area contributed by atoms with E-state index in [1.807, 2.05) is 32.9 Å². The number of rotatable bonds is 9. The van der Waals surface area contributed by atoms with Crippen LogP contribution >= 0.6 is 7.82 Å². The molecule has 186 valence electrons. The molecule has 4 rings (SSSR count). The van der Waals surface area contributed by atoms with Gasteiger partial charge in [-0.1, -0.05) is 26.0 Å². The van der Waals surface area contributed by atoms with E-state index in [-0.39, 0.29) is 12.5 Å². The van der Waals surface area contributed by atoms with Crippen molar-refractivity contribution in [1.82, 2.24) is 9.78 Å². The van der Waals surface area contributed by atoms with E-state index in [2.05, 4.69) is 23.5 Å². The highest BCUT2D eigenvalue weighted by molar-refractivity contribution is 7.46. The van der Waals surface area contributed by atoms with Gasteiger partial charge in [0.1, 0.15) is 18.5 Å². The first-order valence-corrected chi connectivity index (χ1v) is 13.0. The molecule has 9 nitrogen and oxygen atoms in total. The number of fused-ring (bicyclic) bond motifs is 3. The maximum absolute atomic E-state index is 13.0. The standard InChI is InChI=1S/C24H33N2O7P/c1-13-8-16(9-14(2)23(13)32-11-17(27)12-33-34(29,30)31)6-7-20(28)26-19-10-18-22(24(18,4)5)21(19)15(3)25-26/h8-9,17-18,22,27H,6-7,10-12H2,1-5H3,(H2,29,30,31). The summed E-state index contributed by atoms with van der Waals surface area (Å²) in [5, 5.41) is 14.4. The molecule has 2 aliphatic carbocycles. The number of aryl methyl sites for hydroxylation is 4. The molecular formula is C24H33N2O7P. The van der Waals surface area contributed by atoms with Gasteiger partial charge in [0, 0.05) is 12.0 Å². The Kier molecular flexibility index (Phi) is 6.55. The van der Waals surface area contributed by atoms with Gasteiger partial charge in [-0.25, -0.2) is 9.25 Å². The van der Waals surface area contributed by atoms with E-state index >= 15 is 0 Å². The van der Waals surface area contributed by atoms with Crippen LogP contribution in [0.2, 0.25) is 0 Å². The fourth-order valence-corrected chi connectivity index (χ4v) is 5.85. The Bertz CT molecular complexity index is 1140. The van der Waals surface area contributed by atoms with Gasteiger partial charge in [-0.2, -0.15) is 5.10 Å². The van der Waals surface area contributed by atoms with Gasteiger partial charge in [0.25, 0.3) is 0 Å². The third kappa shape index (κ3) is 4.86. The predicted octanol–water partition coefficient (Wildman–Crippen LogP) is 3.23. The van der Waals surface area contributed by atoms with Gasteiger partial charge in [0.2, 0.25) is 5.91 Å². The molecule has 1 aromatic heterocycles. The summed E-state index contributed by atoms with van der Waals surface area (Å²) in [5.74, 6) is 1.75. The minimum absolute atomic E-state index is 0.00673. The van der Waals surface area contributed by atoms with Crippen LogP contribution in [0.25, 0.3) is 0 Å². The summed E-state index contributed by atoms with van der Waals surface area (Å²) in [7, 11) is -4.64. The number of carbonyl (C=O) groups is 1. The highest BCUT2D eigenvalue weighted by Gasteiger charge is 2.64. The van der Waals surface area contributed by atoms with Gasteiger partial charge in [-0.05, 0) is 67.6 Å². The zero-order chi connectivity index (χ0) is 25.0. The quantitative estimate of drug-likeness (QED) is 0.455. The second-order valence-corrected chi connectivity index (χ2v) is 11.4. The molecule has 0 bridgehead atoms. The van der Waals surface area contributed by atoms with Crippen molar-refractivity contribution in [2.45, 2.75) is 65.9 Å². The smallest absolute Gasteiger partial charge is 0.469 e. The summed E-state index contributed by atoms with van der Waals surface area (Å²) in [6, 6.07) is 3.90. The number of aliphatic hydroxyl groups is 1. The summed E-state index contributed by atoms with van der Waals surface area (Å²) in [6.45, 7) is 9.64. The van der Waals surface area contributed by atoms with Crippen LogP contribution in [0.5, 0.6) is 5.75 Å². The third-order valence-electron chi connectivity index (χ3n) is 7.22. The SMILES string of the molecule is Cc1cc(CCC(=O)n2nc(C)c3c2CC2C3C2(C)C)cc(C)c1OCC(O)COP(=O)(O)O. The number of aliphatic hydroxyl groups excluding tert-OH is 1. The molecule has 2 aliphatic rings. The van der Waals surface area contributed by atoms with E-state index in [0.29, 0.717) is 35.8 Å². The minimum atomic E-state index is -4.64. The number of carbonyl (C=O) groups excluding carboxylic acids is 1. The number of benzene rings is 1. The highest BCUT2D eigenvalue weighted by Crippen LogP contribution is 2.70. The van der Waals surface area contributed by atoms with Crippen molar-refractivity contribution < 1.29 is 33.5 Å². The molecule has 0 saturated heterocycles. The van der Waals surface area contributed by atoms with E-state index in [4.69, 9.17) is 14.5 Å². The largest absolute Gasteiger partial charge is 0.490 e. The van der Waals surface area contributed by atoms with Crippen molar-refractivity contribution >= 4 is 13.7 Å². The molecule has 3 N–H and O–H groups in total. The second kappa shape index (κ2) is 8.88. The van der Waals surface area contributed by atoms with Gasteiger partial charge in [-0.15, -0.1) is 0 Å². The number of phosphoric ester groups is 1. The van der Waals surface area contributed by atoms with Gasteiger partial charge < -0.3 is 19.6 Å². The van der Waals surface area contributed by atoms with E-state index in [1.54, 1.807) is 4.68 Å². The first-order valence-electron chi connectivity index (χ1n) is 11.5. The highest BCUT2D eigenvalue weighted by atomic mass is 31.2. The summed E-state index contributed by atoms with van der Waals surface area (Å²) in [6.07, 6.45) is 0.671. The predicted molar refractivity (Wildman–Crippen MR) is 125 cm³/mol. The molecule has 10 heteroatoms. The van der Waals surface area contributed by atoms with Crippen molar-refractivity contribution in [3.63, 3.8) is 0 Å². The normalized spacial score (nSPS) is 21.2. The first-order chi connectivity index (χ1) is 15.8. The van der Waals surface area contributed by atoms with Gasteiger partial charge in [-0.3, -0.25) is 9.32 Å². The van der Waals surface area contributed by atoms with Crippen LogP contribution in [-0.2, 0) is 21.9 Å². The van der Waals surface area contributed by atoms with Crippen LogP contribution in [-0.4, -0.2) is 49.9 Å². The topological polar surface area (TPSA) is 131 Å². The van der Waals surface area contributed by atoms with Gasteiger partial charge >= 0.3 is 7.82 Å². The van der Waals surface area contributed by atoms with E-state index in [1.165, 1.54) is 5.56 Å². The van der Waals surface area contributed by atoms with Crippen LogP contribution in [0.4, 0.5) is 0 Å². The zero-order valence-electron chi connectivity index (χ0n) is 20.2. The number of ether oxygens (including phenoxy) is 1. The molecule has 1 fully saturated rings. The molecule has 1 saturated carbocycles. The molecule has 34 heavy (non-hydrogen) atoms. The Morgan fingerprint density at radius 3 is 2.50 bits per heavy atom. The summed E-state index contributed by atoms with van der Waals surface area (Å²) in [5.41, 5.74) is 6.37. The lowest BCUT2D eigenvalue weighted by molar-refractivity contribution is 0.0492. The van der Waals surface area contributed by atoms with Crippen LogP contribution < -0.4 is 4.74 Å². The number of phosphoric acid groups is 1. The second-order valence-electron chi connectivity index (χ2n) is 10.2. The molecule has 0 radical (unpaired) electrons. The van der Waals surface area contributed by atoms with E-state index in [0.717, 1.165) is 34.5 Å². The Labute approximate surface area is 199 Å². The Morgan fingerprint density at radius 2 is 1.88 bits per heavy atom. The Hall–Kier alpha value is -2.03. The third-order valence-corrected chi connectivity index (χ3v) is 7.71.